The maximum absolute atomic E-state index is 13.6. The Morgan fingerprint density at radius 1 is 1.43 bits per heavy atom. The van der Waals surface area contributed by atoms with Crippen LogP contribution in [-0.2, 0) is 0 Å². The standard InChI is InChI=1S/C14H19FN2O3S/c1-3-21-7-6-9(2)16-14(20)17-12-5-4-10(13(18)19)8-11(12)15/h4-5,8-9H,3,6-7H2,1-2H3,(H,18,19)(H2,16,17,20). The Kier molecular flexibility index (Phi) is 7.01. The number of aromatic carboxylic acids is 1. The number of carbonyl (C=O) groups excluding carboxylic acids is 1. The summed E-state index contributed by atoms with van der Waals surface area (Å²) >= 11 is 1.79. The lowest BCUT2D eigenvalue weighted by molar-refractivity contribution is 0.0696. The molecular weight excluding hydrogens is 295 g/mol. The summed E-state index contributed by atoms with van der Waals surface area (Å²) in [6, 6.07) is 2.81. The van der Waals surface area contributed by atoms with Gasteiger partial charge in [-0.3, -0.25) is 0 Å². The number of hydrogen-bond acceptors (Lipinski definition) is 3. The zero-order chi connectivity index (χ0) is 15.8. The third-order valence-corrected chi connectivity index (χ3v) is 3.67. The summed E-state index contributed by atoms with van der Waals surface area (Å²) < 4.78 is 13.6. The van der Waals surface area contributed by atoms with Crippen LogP contribution in [0, 0.1) is 5.82 Å². The molecule has 1 atom stereocenters. The number of carboxylic acid groups (broad SMARTS) is 1. The SMILES string of the molecule is CCSCCC(C)NC(=O)Nc1ccc(C(=O)O)cc1F. The quantitative estimate of drug-likeness (QED) is 0.675. The van der Waals surface area contributed by atoms with E-state index in [1.54, 1.807) is 11.8 Å². The fraction of sp³-hybridized carbons (Fsp3) is 0.429. The van der Waals surface area contributed by atoms with Crippen LogP contribution in [0.3, 0.4) is 0 Å². The van der Waals surface area contributed by atoms with E-state index in [9.17, 15) is 14.0 Å². The normalized spacial score (nSPS) is 11.8. The molecular formula is C14H19FN2O3S. The maximum atomic E-state index is 13.6. The van der Waals surface area contributed by atoms with E-state index in [4.69, 9.17) is 5.11 Å². The molecule has 0 spiro atoms. The molecule has 7 heteroatoms. The van der Waals surface area contributed by atoms with E-state index in [2.05, 4.69) is 17.6 Å². The van der Waals surface area contributed by atoms with Gasteiger partial charge in [-0.25, -0.2) is 14.0 Å². The van der Waals surface area contributed by atoms with E-state index >= 15 is 0 Å². The second kappa shape index (κ2) is 8.51. The van der Waals surface area contributed by atoms with Crippen LogP contribution in [-0.4, -0.2) is 34.7 Å². The lowest BCUT2D eigenvalue weighted by atomic mass is 10.2. The van der Waals surface area contributed by atoms with Gasteiger partial charge in [-0.15, -0.1) is 0 Å². The molecule has 2 amide bonds. The number of urea groups is 1. The average Bonchev–Trinajstić information content (AvgIpc) is 2.41. The highest BCUT2D eigenvalue weighted by Crippen LogP contribution is 2.15. The molecule has 116 valence electrons. The first kappa shape index (κ1) is 17.3. The molecule has 0 radical (unpaired) electrons. The van der Waals surface area contributed by atoms with E-state index in [0.29, 0.717) is 0 Å². The van der Waals surface area contributed by atoms with Crippen molar-refractivity contribution < 1.29 is 19.1 Å². The van der Waals surface area contributed by atoms with Gasteiger partial charge in [0.2, 0.25) is 0 Å². The van der Waals surface area contributed by atoms with Crippen LogP contribution < -0.4 is 10.6 Å². The number of hydrogen-bond donors (Lipinski definition) is 3. The summed E-state index contributed by atoms with van der Waals surface area (Å²) in [5, 5.41) is 13.8. The van der Waals surface area contributed by atoms with Crippen molar-refractivity contribution in [2.24, 2.45) is 0 Å². The molecule has 0 aliphatic heterocycles. The topological polar surface area (TPSA) is 78.4 Å². The highest BCUT2D eigenvalue weighted by Gasteiger charge is 2.12. The van der Waals surface area contributed by atoms with Gasteiger partial charge < -0.3 is 15.7 Å². The average molecular weight is 314 g/mol. The van der Waals surface area contributed by atoms with Crippen molar-refractivity contribution in [3.05, 3.63) is 29.6 Å². The van der Waals surface area contributed by atoms with Crippen LogP contribution in [0.4, 0.5) is 14.9 Å². The van der Waals surface area contributed by atoms with Gasteiger partial charge in [0.25, 0.3) is 0 Å². The van der Waals surface area contributed by atoms with Crippen molar-refractivity contribution >= 4 is 29.4 Å². The van der Waals surface area contributed by atoms with Gasteiger partial charge in [0.05, 0.1) is 11.3 Å². The summed E-state index contributed by atoms with van der Waals surface area (Å²) in [7, 11) is 0. The van der Waals surface area contributed by atoms with Crippen LogP contribution in [0.25, 0.3) is 0 Å². The Labute approximate surface area is 127 Å². The number of anilines is 1. The van der Waals surface area contributed by atoms with Crippen molar-refractivity contribution in [2.45, 2.75) is 26.3 Å². The van der Waals surface area contributed by atoms with Gasteiger partial charge in [-0.1, -0.05) is 6.92 Å². The summed E-state index contributed by atoms with van der Waals surface area (Å²) in [5.74, 6) is -0.0224. The molecule has 21 heavy (non-hydrogen) atoms. The molecule has 0 aliphatic carbocycles. The molecule has 0 saturated heterocycles. The van der Waals surface area contributed by atoms with Crippen molar-refractivity contribution in [3.63, 3.8) is 0 Å². The van der Waals surface area contributed by atoms with Gasteiger partial charge >= 0.3 is 12.0 Å². The van der Waals surface area contributed by atoms with Gasteiger partial charge in [0, 0.05) is 6.04 Å². The molecule has 3 N–H and O–H groups in total. The Morgan fingerprint density at radius 3 is 2.71 bits per heavy atom. The number of amides is 2. The van der Waals surface area contributed by atoms with Crippen molar-refractivity contribution in [2.75, 3.05) is 16.8 Å². The first-order valence-electron chi connectivity index (χ1n) is 6.62. The fourth-order valence-electron chi connectivity index (χ4n) is 1.61. The molecule has 1 aromatic carbocycles. The predicted molar refractivity (Wildman–Crippen MR) is 82.6 cm³/mol. The van der Waals surface area contributed by atoms with E-state index in [1.165, 1.54) is 12.1 Å². The van der Waals surface area contributed by atoms with Crippen LogP contribution in [0.15, 0.2) is 18.2 Å². The molecule has 0 bridgehead atoms. The number of rotatable bonds is 7. The molecule has 1 unspecified atom stereocenters. The lowest BCUT2D eigenvalue weighted by Crippen LogP contribution is -2.36. The molecule has 0 saturated carbocycles. The molecule has 5 nitrogen and oxygen atoms in total. The highest BCUT2D eigenvalue weighted by atomic mass is 32.2. The van der Waals surface area contributed by atoms with E-state index in [1.807, 2.05) is 6.92 Å². The van der Waals surface area contributed by atoms with E-state index < -0.39 is 17.8 Å². The third kappa shape index (κ3) is 6.03. The Hall–Kier alpha value is -1.76. The van der Waals surface area contributed by atoms with Crippen molar-refractivity contribution in [3.8, 4) is 0 Å². The summed E-state index contributed by atoms with van der Waals surface area (Å²) in [5.41, 5.74) is -0.212. The minimum atomic E-state index is -1.22. The predicted octanol–water partition coefficient (Wildman–Crippen LogP) is 3.18. The second-order valence-electron chi connectivity index (χ2n) is 4.48. The molecule has 1 aromatic rings. The number of halogens is 1. The number of carboxylic acids is 1. The Balaban J connectivity index is 2.53. The summed E-state index contributed by atoms with van der Waals surface area (Å²) in [4.78, 5) is 22.4. The van der Waals surface area contributed by atoms with Gasteiger partial charge in [-0.2, -0.15) is 11.8 Å². The summed E-state index contributed by atoms with van der Waals surface area (Å²) in [6.45, 7) is 3.94. The van der Waals surface area contributed by atoms with Crippen molar-refractivity contribution in [1.29, 1.82) is 0 Å². The lowest BCUT2D eigenvalue weighted by Gasteiger charge is -2.14. The largest absolute Gasteiger partial charge is 0.478 e. The number of nitrogens with one attached hydrogen (secondary N) is 2. The zero-order valence-corrected chi connectivity index (χ0v) is 12.8. The van der Waals surface area contributed by atoms with Crippen LogP contribution in [0.1, 0.15) is 30.6 Å². The molecule has 0 aromatic heterocycles. The van der Waals surface area contributed by atoms with Crippen LogP contribution in [0.5, 0.6) is 0 Å². The smallest absolute Gasteiger partial charge is 0.335 e. The minimum Gasteiger partial charge on any atom is -0.478 e. The number of thioether (sulfide) groups is 1. The van der Waals surface area contributed by atoms with Gasteiger partial charge in [0.1, 0.15) is 5.82 Å². The molecule has 0 aliphatic rings. The Bertz CT molecular complexity index is 511. The zero-order valence-electron chi connectivity index (χ0n) is 12.0. The monoisotopic (exact) mass is 314 g/mol. The second-order valence-corrected chi connectivity index (χ2v) is 5.88. The minimum absolute atomic E-state index is 0.0228. The Morgan fingerprint density at radius 2 is 2.14 bits per heavy atom. The first-order valence-corrected chi connectivity index (χ1v) is 7.77. The van der Waals surface area contributed by atoms with Gasteiger partial charge in [0.15, 0.2) is 0 Å². The molecule has 0 heterocycles. The van der Waals surface area contributed by atoms with Crippen LogP contribution >= 0.6 is 11.8 Å². The fourth-order valence-corrected chi connectivity index (χ4v) is 2.42. The van der Waals surface area contributed by atoms with E-state index in [-0.39, 0.29) is 17.3 Å². The highest BCUT2D eigenvalue weighted by molar-refractivity contribution is 7.99. The maximum Gasteiger partial charge on any atom is 0.335 e. The van der Waals surface area contributed by atoms with Gasteiger partial charge in [-0.05, 0) is 43.0 Å². The molecule has 0 fully saturated rings. The van der Waals surface area contributed by atoms with Crippen LogP contribution in [0.2, 0.25) is 0 Å². The van der Waals surface area contributed by atoms with E-state index in [0.717, 1.165) is 24.0 Å². The third-order valence-electron chi connectivity index (χ3n) is 2.74. The van der Waals surface area contributed by atoms with Crippen molar-refractivity contribution in [1.82, 2.24) is 5.32 Å². The molecule has 1 rings (SSSR count). The first-order chi connectivity index (χ1) is 9.93. The summed E-state index contributed by atoms with van der Waals surface area (Å²) in [6.07, 6.45) is 0.826. The number of carbonyl (C=O) groups is 2. The number of benzene rings is 1.